The first-order chi connectivity index (χ1) is 14.1. The highest BCUT2D eigenvalue weighted by atomic mass is 16.5. The minimum absolute atomic E-state index is 0.237. The fourth-order valence-corrected chi connectivity index (χ4v) is 3.32. The van der Waals surface area contributed by atoms with Gasteiger partial charge in [-0.25, -0.2) is 9.59 Å². The van der Waals surface area contributed by atoms with Crippen molar-refractivity contribution in [3.8, 4) is 17.2 Å². The number of hydrogen-bond acceptors (Lipinski definition) is 4. The van der Waals surface area contributed by atoms with E-state index in [-0.39, 0.29) is 11.5 Å². The van der Waals surface area contributed by atoms with Gasteiger partial charge in [-0.05, 0) is 12.1 Å². The average molecular weight is 383 g/mol. The maximum Gasteiger partial charge on any atom is 0.335 e. The van der Waals surface area contributed by atoms with Crippen LogP contribution in [0.15, 0.2) is 92.0 Å². The van der Waals surface area contributed by atoms with Gasteiger partial charge in [-0.3, -0.25) is 0 Å². The third kappa shape index (κ3) is 3.41. The van der Waals surface area contributed by atoms with E-state index in [1.165, 1.54) is 6.07 Å². The topological polar surface area (TPSA) is 57.5 Å². The molecule has 1 aromatic heterocycles. The number of aromatic nitrogens is 1. The molecule has 142 valence electrons. The first kappa shape index (κ1) is 18.3. The fourth-order valence-electron chi connectivity index (χ4n) is 3.32. The van der Waals surface area contributed by atoms with Gasteiger partial charge in [0.25, 0.3) is 0 Å². The summed E-state index contributed by atoms with van der Waals surface area (Å²) in [6.07, 6.45) is 2.14. The van der Waals surface area contributed by atoms with Gasteiger partial charge in [0.15, 0.2) is 0 Å². The molecular formula is C24H17NO4. The standard InChI is InChI=1S/C24H17NO4/c1-3-23(26)28-17-13-16(14-18(15-17)29-24(27)4-2)25-21-11-7-5-9-19(21)20-10-6-8-12-22(20)25/h3-15H,1-2H2. The summed E-state index contributed by atoms with van der Waals surface area (Å²) in [5, 5.41) is 2.17. The molecule has 0 N–H and O–H groups in total. The van der Waals surface area contributed by atoms with Crippen molar-refractivity contribution in [2.45, 2.75) is 0 Å². The van der Waals surface area contributed by atoms with E-state index in [1.807, 2.05) is 41.0 Å². The van der Waals surface area contributed by atoms with E-state index in [0.717, 1.165) is 34.0 Å². The molecule has 0 radical (unpaired) electrons. The molecule has 0 aliphatic carbocycles. The molecular weight excluding hydrogens is 366 g/mol. The first-order valence-corrected chi connectivity index (χ1v) is 8.93. The van der Waals surface area contributed by atoms with E-state index in [0.29, 0.717) is 5.69 Å². The minimum atomic E-state index is -0.606. The van der Waals surface area contributed by atoms with Crippen LogP contribution < -0.4 is 9.47 Å². The van der Waals surface area contributed by atoms with Gasteiger partial charge in [-0.1, -0.05) is 49.6 Å². The second kappa shape index (κ2) is 7.48. The van der Waals surface area contributed by atoms with E-state index in [4.69, 9.17) is 9.47 Å². The van der Waals surface area contributed by atoms with Crippen LogP contribution in [0.2, 0.25) is 0 Å². The van der Waals surface area contributed by atoms with E-state index < -0.39 is 11.9 Å². The van der Waals surface area contributed by atoms with Crippen LogP contribution >= 0.6 is 0 Å². The van der Waals surface area contributed by atoms with Gasteiger partial charge in [0.1, 0.15) is 11.5 Å². The van der Waals surface area contributed by atoms with E-state index in [2.05, 4.69) is 25.3 Å². The normalized spacial score (nSPS) is 10.6. The summed E-state index contributed by atoms with van der Waals surface area (Å²) in [6, 6.07) is 20.9. The Morgan fingerprint density at radius 1 is 0.724 bits per heavy atom. The molecule has 0 fully saturated rings. The summed E-state index contributed by atoms with van der Waals surface area (Å²) in [5.74, 6) is -0.738. The summed E-state index contributed by atoms with van der Waals surface area (Å²) < 4.78 is 12.6. The maximum atomic E-state index is 11.7. The Morgan fingerprint density at radius 3 is 1.62 bits per heavy atom. The summed E-state index contributed by atoms with van der Waals surface area (Å²) in [7, 11) is 0. The lowest BCUT2D eigenvalue weighted by atomic mass is 10.2. The van der Waals surface area contributed by atoms with Crippen LogP contribution in [0.4, 0.5) is 0 Å². The Balaban J connectivity index is 1.98. The van der Waals surface area contributed by atoms with Gasteiger partial charge in [-0.2, -0.15) is 0 Å². The Labute approximate surface area is 167 Å². The number of carbonyl (C=O) groups is 2. The van der Waals surface area contributed by atoms with Gasteiger partial charge in [0.05, 0.1) is 16.7 Å². The molecule has 4 aromatic rings. The van der Waals surface area contributed by atoms with E-state index >= 15 is 0 Å². The highest BCUT2D eigenvalue weighted by molar-refractivity contribution is 6.09. The molecule has 0 spiro atoms. The number of esters is 2. The second-order valence-corrected chi connectivity index (χ2v) is 6.28. The molecule has 0 aliphatic rings. The number of fused-ring (bicyclic) bond motifs is 3. The van der Waals surface area contributed by atoms with Crippen molar-refractivity contribution in [3.63, 3.8) is 0 Å². The van der Waals surface area contributed by atoms with Gasteiger partial charge in [0.2, 0.25) is 0 Å². The Morgan fingerprint density at radius 2 is 1.17 bits per heavy atom. The third-order valence-electron chi connectivity index (χ3n) is 4.47. The van der Waals surface area contributed by atoms with Gasteiger partial charge < -0.3 is 14.0 Å². The zero-order valence-electron chi connectivity index (χ0n) is 15.5. The Kier molecular flexibility index (Phi) is 4.71. The van der Waals surface area contributed by atoms with Gasteiger partial charge in [0, 0.05) is 41.1 Å². The zero-order chi connectivity index (χ0) is 20.4. The molecule has 0 saturated heterocycles. The summed E-state index contributed by atoms with van der Waals surface area (Å²) in [6.45, 7) is 6.83. The maximum absolute atomic E-state index is 11.7. The van der Waals surface area contributed by atoms with Crippen molar-refractivity contribution in [3.05, 3.63) is 92.0 Å². The number of nitrogens with zero attached hydrogens (tertiary/aromatic N) is 1. The Hall–Kier alpha value is -4.12. The van der Waals surface area contributed by atoms with Crippen LogP contribution in [0.25, 0.3) is 27.5 Å². The van der Waals surface area contributed by atoms with Gasteiger partial charge in [-0.15, -0.1) is 0 Å². The van der Waals surface area contributed by atoms with Crippen molar-refractivity contribution in [2.24, 2.45) is 0 Å². The lowest BCUT2D eigenvalue weighted by molar-refractivity contribution is -0.129. The van der Waals surface area contributed by atoms with Crippen molar-refractivity contribution >= 4 is 33.7 Å². The van der Waals surface area contributed by atoms with Gasteiger partial charge >= 0.3 is 11.9 Å². The quantitative estimate of drug-likeness (QED) is 0.277. The first-order valence-electron chi connectivity index (χ1n) is 8.93. The summed E-state index contributed by atoms with van der Waals surface area (Å²) in [5.41, 5.74) is 2.63. The average Bonchev–Trinajstić information content (AvgIpc) is 3.08. The predicted molar refractivity (Wildman–Crippen MR) is 112 cm³/mol. The molecule has 0 aliphatic heterocycles. The molecule has 5 nitrogen and oxygen atoms in total. The number of para-hydroxylation sites is 2. The number of ether oxygens (including phenoxy) is 2. The summed E-state index contributed by atoms with van der Waals surface area (Å²) in [4.78, 5) is 23.4. The van der Waals surface area contributed by atoms with E-state index in [9.17, 15) is 9.59 Å². The molecule has 1 heterocycles. The molecule has 0 bridgehead atoms. The predicted octanol–water partition coefficient (Wildman–Crippen LogP) is 4.97. The molecule has 5 heteroatoms. The smallest absolute Gasteiger partial charge is 0.335 e. The second-order valence-electron chi connectivity index (χ2n) is 6.28. The van der Waals surface area contributed by atoms with Crippen molar-refractivity contribution in [2.75, 3.05) is 0 Å². The molecule has 0 unspecified atom stereocenters. The molecule has 4 rings (SSSR count). The number of hydrogen-bond donors (Lipinski definition) is 0. The van der Waals surface area contributed by atoms with E-state index in [1.54, 1.807) is 12.1 Å². The van der Waals surface area contributed by atoms with Crippen LogP contribution in [-0.2, 0) is 9.59 Å². The minimum Gasteiger partial charge on any atom is -0.423 e. The van der Waals surface area contributed by atoms with Crippen LogP contribution in [0, 0.1) is 0 Å². The number of rotatable bonds is 5. The SMILES string of the molecule is C=CC(=O)Oc1cc(OC(=O)C=C)cc(-n2c3ccccc3c3ccccc32)c1. The third-order valence-corrected chi connectivity index (χ3v) is 4.47. The fraction of sp³-hybridized carbons (Fsp3) is 0. The molecule has 3 aromatic carbocycles. The van der Waals surface area contributed by atoms with Crippen LogP contribution in [-0.4, -0.2) is 16.5 Å². The Bertz CT molecular complexity index is 1190. The zero-order valence-corrected chi connectivity index (χ0v) is 15.5. The van der Waals surface area contributed by atoms with Crippen LogP contribution in [0.5, 0.6) is 11.5 Å². The lowest BCUT2D eigenvalue weighted by Gasteiger charge is -2.12. The largest absolute Gasteiger partial charge is 0.423 e. The summed E-state index contributed by atoms with van der Waals surface area (Å²) >= 11 is 0. The molecule has 0 amide bonds. The molecule has 29 heavy (non-hydrogen) atoms. The van der Waals surface area contributed by atoms with Crippen LogP contribution in [0.1, 0.15) is 0 Å². The molecule has 0 saturated carbocycles. The number of benzene rings is 3. The lowest BCUT2D eigenvalue weighted by Crippen LogP contribution is -2.07. The monoisotopic (exact) mass is 383 g/mol. The highest BCUT2D eigenvalue weighted by Gasteiger charge is 2.15. The highest BCUT2D eigenvalue weighted by Crippen LogP contribution is 2.34. The van der Waals surface area contributed by atoms with Crippen molar-refractivity contribution in [1.82, 2.24) is 4.57 Å². The van der Waals surface area contributed by atoms with Crippen LogP contribution in [0.3, 0.4) is 0 Å². The van der Waals surface area contributed by atoms with Crippen molar-refractivity contribution < 1.29 is 19.1 Å². The molecule has 0 atom stereocenters. The number of carbonyl (C=O) groups excluding carboxylic acids is 2. The van der Waals surface area contributed by atoms with Crippen molar-refractivity contribution in [1.29, 1.82) is 0 Å².